The molecule has 2 N–H and O–H groups in total. The average molecular weight is 179 g/mol. The van der Waals surface area contributed by atoms with Crippen LogP contribution in [0.25, 0.3) is 0 Å². The fraction of sp³-hybridized carbons (Fsp3) is 0.700. The Morgan fingerprint density at radius 2 is 2.46 bits per heavy atom. The van der Waals surface area contributed by atoms with Gasteiger partial charge in [-0.2, -0.15) is 0 Å². The van der Waals surface area contributed by atoms with E-state index in [2.05, 4.69) is 11.9 Å². The number of nitrogens with zero attached hydrogens (tertiary/aromatic N) is 2. The quantitative estimate of drug-likeness (QED) is 0.770. The van der Waals surface area contributed by atoms with Gasteiger partial charge in [-0.1, -0.05) is 26.2 Å². The van der Waals surface area contributed by atoms with Crippen molar-refractivity contribution in [2.75, 3.05) is 5.73 Å². The summed E-state index contributed by atoms with van der Waals surface area (Å²) in [4.78, 5) is 4.01. The molecule has 0 aliphatic heterocycles. The lowest BCUT2D eigenvalue weighted by atomic mass is 9.77. The molecule has 1 aliphatic carbocycles. The maximum atomic E-state index is 5.70. The molecule has 1 unspecified atom stereocenters. The lowest BCUT2D eigenvalue weighted by Crippen LogP contribution is -2.23. The molecule has 0 radical (unpaired) electrons. The topological polar surface area (TPSA) is 43.8 Å². The average Bonchev–Trinajstić information content (AvgIpc) is 2.32. The molecule has 1 fully saturated rings. The SMILES string of the molecule is CC(Cn1ccnc1N)C1CCC1. The molecule has 1 heterocycles. The number of nitrogen functional groups attached to an aromatic ring is 1. The summed E-state index contributed by atoms with van der Waals surface area (Å²) in [5.41, 5.74) is 5.70. The summed E-state index contributed by atoms with van der Waals surface area (Å²) in [5.74, 6) is 2.30. The summed E-state index contributed by atoms with van der Waals surface area (Å²) < 4.78 is 2.04. The van der Waals surface area contributed by atoms with Gasteiger partial charge in [0.15, 0.2) is 5.95 Å². The molecule has 0 aromatic carbocycles. The van der Waals surface area contributed by atoms with Gasteiger partial charge >= 0.3 is 0 Å². The predicted molar refractivity (Wildman–Crippen MR) is 53.1 cm³/mol. The predicted octanol–water partition coefficient (Wildman–Crippen LogP) is 1.90. The van der Waals surface area contributed by atoms with Gasteiger partial charge in [0.2, 0.25) is 0 Å². The summed E-state index contributed by atoms with van der Waals surface area (Å²) in [6.45, 7) is 3.33. The minimum absolute atomic E-state index is 0.645. The maximum Gasteiger partial charge on any atom is 0.200 e. The molecule has 1 atom stereocenters. The molecule has 0 spiro atoms. The highest BCUT2D eigenvalue weighted by Gasteiger charge is 2.24. The van der Waals surface area contributed by atoms with Crippen LogP contribution in [0.4, 0.5) is 5.95 Å². The first kappa shape index (κ1) is 8.60. The Balaban J connectivity index is 1.93. The summed E-state index contributed by atoms with van der Waals surface area (Å²) in [5, 5.41) is 0. The number of hydrogen-bond donors (Lipinski definition) is 1. The van der Waals surface area contributed by atoms with Gasteiger partial charge in [0.05, 0.1) is 0 Å². The van der Waals surface area contributed by atoms with Gasteiger partial charge in [0.1, 0.15) is 0 Å². The minimum atomic E-state index is 0.645. The summed E-state index contributed by atoms with van der Waals surface area (Å²) in [7, 11) is 0. The zero-order valence-electron chi connectivity index (χ0n) is 8.11. The van der Waals surface area contributed by atoms with Crippen molar-refractivity contribution < 1.29 is 0 Å². The third-order valence-electron chi connectivity index (χ3n) is 3.19. The van der Waals surface area contributed by atoms with Crippen LogP contribution in [-0.2, 0) is 6.54 Å². The van der Waals surface area contributed by atoms with Gasteiger partial charge in [-0.05, 0) is 11.8 Å². The van der Waals surface area contributed by atoms with Gasteiger partial charge in [0.25, 0.3) is 0 Å². The highest BCUT2D eigenvalue weighted by molar-refractivity contribution is 5.16. The first-order valence-corrected chi connectivity index (χ1v) is 5.04. The van der Waals surface area contributed by atoms with Gasteiger partial charge in [-0.3, -0.25) is 0 Å². The number of aromatic nitrogens is 2. The highest BCUT2D eigenvalue weighted by Crippen LogP contribution is 2.34. The molecular weight excluding hydrogens is 162 g/mol. The van der Waals surface area contributed by atoms with Crippen molar-refractivity contribution in [2.45, 2.75) is 32.7 Å². The van der Waals surface area contributed by atoms with Crippen LogP contribution in [0.2, 0.25) is 0 Å². The molecule has 1 saturated carbocycles. The van der Waals surface area contributed by atoms with Crippen LogP contribution >= 0.6 is 0 Å². The normalized spacial score (nSPS) is 19.8. The van der Waals surface area contributed by atoms with Crippen LogP contribution in [0.5, 0.6) is 0 Å². The molecule has 3 heteroatoms. The van der Waals surface area contributed by atoms with E-state index in [1.54, 1.807) is 6.20 Å². The number of anilines is 1. The van der Waals surface area contributed by atoms with Gasteiger partial charge in [-0.15, -0.1) is 0 Å². The van der Waals surface area contributed by atoms with E-state index >= 15 is 0 Å². The first-order chi connectivity index (χ1) is 6.27. The van der Waals surface area contributed by atoms with Crippen molar-refractivity contribution in [3.63, 3.8) is 0 Å². The largest absolute Gasteiger partial charge is 0.369 e. The maximum absolute atomic E-state index is 5.70. The molecule has 0 amide bonds. The van der Waals surface area contributed by atoms with E-state index in [0.29, 0.717) is 5.95 Å². The smallest absolute Gasteiger partial charge is 0.200 e. The van der Waals surface area contributed by atoms with Crippen LogP contribution in [0, 0.1) is 11.8 Å². The fourth-order valence-corrected chi connectivity index (χ4v) is 1.96. The van der Waals surface area contributed by atoms with Crippen molar-refractivity contribution >= 4 is 5.95 Å². The lowest BCUT2D eigenvalue weighted by Gasteiger charge is -2.31. The third kappa shape index (κ3) is 1.69. The van der Waals surface area contributed by atoms with E-state index < -0.39 is 0 Å². The van der Waals surface area contributed by atoms with Crippen molar-refractivity contribution in [3.8, 4) is 0 Å². The standard InChI is InChI=1S/C10H17N3/c1-8(9-3-2-4-9)7-13-6-5-12-10(13)11/h5-6,8-9H,2-4,7H2,1H3,(H2,11,12). The lowest BCUT2D eigenvalue weighted by molar-refractivity contribution is 0.202. The Labute approximate surface area is 79.0 Å². The van der Waals surface area contributed by atoms with Crippen LogP contribution in [0.1, 0.15) is 26.2 Å². The third-order valence-corrected chi connectivity index (χ3v) is 3.19. The van der Waals surface area contributed by atoms with E-state index in [4.69, 9.17) is 5.73 Å². The minimum Gasteiger partial charge on any atom is -0.369 e. The molecule has 0 saturated heterocycles. The zero-order valence-corrected chi connectivity index (χ0v) is 8.11. The molecule has 72 valence electrons. The second-order valence-electron chi connectivity index (χ2n) is 4.11. The van der Waals surface area contributed by atoms with Crippen molar-refractivity contribution in [2.24, 2.45) is 11.8 Å². The molecule has 3 nitrogen and oxygen atoms in total. The summed E-state index contributed by atoms with van der Waals surface area (Å²) >= 11 is 0. The Morgan fingerprint density at radius 3 is 2.92 bits per heavy atom. The van der Waals surface area contributed by atoms with Crippen LogP contribution < -0.4 is 5.73 Å². The van der Waals surface area contributed by atoms with Crippen LogP contribution in [0.3, 0.4) is 0 Å². The molecule has 1 aliphatic rings. The first-order valence-electron chi connectivity index (χ1n) is 5.04. The number of rotatable bonds is 3. The molecule has 1 aromatic rings. The van der Waals surface area contributed by atoms with Crippen molar-refractivity contribution in [1.82, 2.24) is 9.55 Å². The Hall–Kier alpha value is -0.990. The second-order valence-corrected chi connectivity index (χ2v) is 4.11. The zero-order chi connectivity index (χ0) is 9.26. The monoisotopic (exact) mass is 179 g/mol. The van der Waals surface area contributed by atoms with Crippen molar-refractivity contribution in [3.05, 3.63) is 12.4 Å². The van der Waals surface area contributed by atoms with E-state index in [0.717, 1.165) is 18.4 Å². The van der Waals surface area contributed by atoms with Crippen LogP contribution in [-0.4, -0.2) is 9.55 Å². The second kappa shape index (κ2) is 3.40. The highest BCUT2D eigenvalue weighted by atomic mass is 15.1. The van der Waals surface area contributed by atoms with E-state index in [9.17, 15) is 0 Å². The Kier molecular flexibility index (Phi) is 2.25. The summed E-state index contributed by atoms with van der Waals surface area (Å²) in [6, 6.07) is 0. The Morgan fingerprint density at radius 1 is 1.69 bits per heavy atom. The van der Waals surface area contributed by atoms with Crippen molar-refractivity contribution in [1.29, 1.82) is 0 Å². The number of nitrogens with two attached hydrogens (primary N) is 1. The van der Waals surface area contributed by atoms with Gasteiger partial charge < -0.3 is 10.3 Å². The summed E-state index contributed by atoms with van der Waals surface area (Å²) in [6.07, 6.45) is 7.94. The molecule has 0 bridgehead atoms. The van der Waals surface area contributed by atoms with E-state index in [-0.39, 0.29) is 0 Å². The van der Waals surface area contributed by atoms with E-state index in [1.165, 1.54) is 19.3 Å². The van der Waals surface area contributed by atoms with Gasteiger partial charge in [-0.25, -0.2) is 4.98 Å². The Bertz CT molecular complexity index is 275. The molecular formula is C10H17N3. The molecule has 13 heavy (non-hydrogen) atoms. The van der Waals surface area contributed by atoms with Gasteiger partial charge in [0, 0.05) is 18.9 Å². The van der Waals surface area contributed by atoms with Crippen LogP contribution in [0.15, 0.2) is 12.4 Å². The molecule has 2 rings (SSSR count). The van der Waals surface area contributed by atoms with E-state index in [1.807, 2.05) is 10.8 Å². The number of imidazole rings is 1. The fourth-order valence-electron chi connectivity index (χ4n) is 1.96. The number of hydrogen-bond acceptors (Lipinski definition) is 2. The molecule has 1 aromatic heterocycles.